The van der Waals surface area contributed by atoms with E-state index >= 15 is 0 Å². The van der Waals surface area contributed by atoms with Crippen LogP contribution in [0.1, 0.15) is 115 Å². The van der Waals surface area contributed by atoms with Crippen LogP contribution >= 0.6 is 45.3 Å². The largest absolute Gasteiger partial charge is 0.134 e. The van der Waals surface area contributed by atoms with Crippen molar-refractivity contribution in [2.45, 2.75) is 117 Å². The molecule has 0 aliphatic rings. The number of aryl methyl sites for hydroxylation is 2. The van der Waals surface area contributed by atoms with Crippen LogP contribution in [0.25, 0.3) is 94.7 Å². The zero-order chi connectivity index (χ0) is 50.3. The second-order valence-electron chi connectivity index (χ2n) is 20.0. The maximum absolute atomic E-state index is 2.52. The van der Waals surface area contributed by atoms with Crippen molar-refractivity contribution in [3.8, 4) is 94.7 Å². The lowest BCUT2D eigenvalue weighted by atomic mass is 9.99. The minimum Gasteiger partial charge on any atom is -0.134 e. The summed E-state index contributed by atoms with van der Waals surface area (Å²) >= 11 is 7.91. The number of thiophene rings is 4. The van der Waals surface area contributed by atoms with Crippen molar-refractivity contribution in [2.24, 2.45) is 0 Å². The molecule has 0 saturated carbocycles. The van der Waals surface area contributed by atoms with Crippen LogP contribution < -0.4 is 0 Å². The topological polar surface area (TPSA) is 0 Å². The van der Waals surface area contributed by atoms with Crippen LogP contribution in [0.4, 0.5) is 0 Å². The first-order valence-electron chi connectivity index (χ1n) is 27.6. The Balaban J connectivity index is 0.866. The van der Waals surface area contributed by atoms with E-state index in [0.29, 0.717) is 0 Å². The lowest BCUT2D eigenvalue weighted by Gasteiger charge is -2.06. The second kappa shape index (κ2) is 26.1. The van der Waals surface area contributed by atoms with Gasteiger partial charge in [0.05, 0.1) is 0 Å². The summed E-state index contributed by atoms with van der Waals surface area (Å²) in [5, 5.41) is 0. The highest BCUT2D eigenvalue weighted by atomic mass is 32.1. The van der Waals surface area contributed by atoms with Crippen LogP contribution in [0.15, 0.2) is 194 Å². The minimum atomic E-state index is 1.13. The molecule has 0 unspecified atom stereocenters. The van der Waals surface area contributed by atoms with Crippen molar-refractivity contribution in [2.75, 3.05) is 0 Å². The summed E-state index contributed by atoms with van der Waals surface area (Å²) < 4.78 is 0. The highest BCUT2D eigenvalue weighted by molar-refractivity contribution is 7.29. The third-order valence-electron chi connectivity index (χ3n) is 14.6. The van der Waals surface area contributed by atoms with E-state index in [9.17, 15) is 0 Å². The molecule has 0 radical (unpaired) electrons. The van der Waals surface area contributed by atoms with Crippen LogP contribution in [0.5, 0.6) is 0 Å². The van der Waals surface area contributed by atoms with E-state index in [-0.39, 0.29) is 0 Å². The highest BCUT2D eigenvalue weighted by Gasteiger charge is 2.19. The van der Waals surface area contributed by atoms with Gasteiger partial charge in [0.2, 0.25) is 0 Å². The first kappa shape index (κ1) is 51.6. The van der Waals surface area contributed by atoms with Crippen molar-refractivity contribution >= 4 is 45.3 Å². The molecule has 0 aliphatic carbocycles. The van der Waals surface area contributed by atoms with Gasteiger partial charge in [-0.15, -0.1) is 45.3 Å². The Bertz CT molecular complexity index is 3250. The summed E-state index contributed by atoms with van der Waals surface area (Å²) in [6.45, 7) is 4.61. The molecule has 0 spiro atoms. The fourth-order valence-corrected chi connectivity index (χ4v) is 15.1. The molecule has 0 nitrogen and oxygen atoms in total. The molecule has 0 N–H and O–H groups in total. The Morgan fingerprint density at radius 1 is 0.230 bits per heavy atom. The Labute approximate surface area is 458 Å². The molecule has 4 heterocycles. The molecule has 0 bridgehead atoms. The Morgan fingerprint density at radius 3 is 0.838 bits per heavy atom. The van der Waals surface area contributed by atoms with Crippen LogP contribution in [0.3, 0.4) is 0 Å². The summed E-state index contributed by atoms with van der Waals surface area (Å²) in [4.78, 5) is 11.2. The van der Waals surface area contributed by atoms with Crippen molar-refractivity contribution < 1.29 is 0 Å². The van der Waals surface area contributed by atoms with Crippen molar-refractivity contribution in [1.29, 1.82) is 0 Å². The van der Waals surface area contributed by atoms with Gasteiger partial charge in [0.15, 0.2) is 0 Å². The van der Waals surface area contributed by atoms with E-state index in [2.05, 4.69) is 208 Å². The van der Waals surface area contributed by atoms with Crippen LogP contribution in [0.2, 0.25) is 0 Å². The van der Waals surface area contributed by atoms with Gasteiger partial charge in [-0.3, -0.25) is 0 Å². The third kappa shape index (κ3) is 13.1. The molecule has 374 valence electrons. The zero-order valence-corrected chi connectivity index (χ0v) is 46.7. The first-order valence-corrected chi connectivity index (χ1v) is 30.9. The van der Waals surface area contributed by atoms with Crippen LogP contribution in [-0.4, -0.2) is 0 Å². The van der Waals surface area contributed by atoms with Crippen molar-refractivity contribution in [3.05, 3.63) is 205 Å². The van der Waals surface area contributed by atoms with Gasteiger partial charge < -0.3 is 0 Å². The number of unbranched alkanes of at least 4 members (excludes halogenated alkanes) is 12. The monoisotopic (exact) mass is 1040 g/mol. The van der Waals surface area contributed by atoms with Gasteiger partial charge in [-0.25, -0.2) is 0 Å². The van der Waals surface area contributed by atoms with E-state index in [1.54, 1.807) is 0 Å². The Kier molecular flexibility index (Phi) is 18.2. The maximum Gasteiger partial charge on any atom is 0.0481 e. The fraction of sp³-hybridized carbons (Fsp3) is 0.257. The standard InChI is InChI=1S/C70H70S4/c1-3-5-7-9-10-11-12-13-14-18-28-62-50-68(60-43-39-58(40-44-60)56-35-31-54(32-36-56)52-25-21-16-22-26-52)74-70(62)66-48-46-64(72-66)63-45-47-65(71-63)69-61(27-17-8-6-4-2)49-67(73-69)59-41-37-57(38-42-59)55-33-29-53(30-34-55)51-23-19-15-20-24-51/h15-16,19-26,29-50H,3-14,17-18,27-28H2,1-2H3. The van der Waals surface area contributed by atoms with E-state index in [0.717, 1.165) is 12.8 Å². The lowest BCUT2D eigenvalue weighted by molar-refractivity contribution is 0.556. The number of rotatable bonds is 25. The van der Waals surface area contributed by atoms with Gasteiger partial charge in [-0.1, -0.05) is 249 Å². The summed E-state index contributed by atoms with van der Waals surface area (Å²) in [6, 6.07) is 72.4. The van der Waals surface area contributed by atoms with Gasteiger partial charge in [0, 0.05) is 39.0 Å². The van der Waals surface area contributed by atoms with E-state index in [4.69, 9.17) is 0 Å². The molecule has 0 amide bonds. The third-order valence-corrected chi connectivity index (χ3v) is 19.8. The summed E-state index contributed by atoms with van der Waals surface area (Å²) in [6.07, 6.45) is 20.9. The molecule has 6 aromatic carbocycles. The molecule has 74 heavy (non-hydrogen) atoms. The predicted molar refractivity (Wildman–Crippen MR) is 330 cm³/mol. The summed E-state index contributed by atoms with van der Waals surface area (Å²) in [7, 11) is 0. The molecule has 0 fully saturated rings. The van der Waals surface area contributed by atoms with Gasteiger partial charge in [0.1, 0.15) is 0 Å². The number of hydrogen-bond acceptors (Lipinski definition) is 4. The average Bonchev–Trinajstić information content (AvgIpc) is 4.31. The predicted octanol–water partition coefficient (Wildman–Crippen LogP) is 23.5. The van der Waals surface area contributed by atoms with E-state index in [1.165, 1.54) is 196 Å². The van der Waals surface area contributed by atoms with E-state index in [1.807, 2.05) is 45.3 Å². The van der Waals surface area contributed by atoms with Gasteiger partial charge in [-0.2, -0.15) is 0 Å². The highest BCUT2D eigenvalue weighted by Crippen LogP contribution is 2.48. The zero-order valence-electron chi connectivity index (χ0n) is 43.4. The van der Waals surface area contributed by atoms with Gasteiger partial charge in [0.25, 0.3) is 0 Å². The molecule has 0 atom stereocenters. The van der Waals surface area contributed by atoms with Gasteiger partial charge >= 0.3 is 0 Å². The minimum absolute atomic E-state index is 1.13. The second-order valence-corrected chi connectivity index (χ2v) is 24.3. The normalized spacial score (nSPS) is 11.4. The first-order chi connectivity index (χ1) is 36.6. The molecular weight excluding hydrogens is 969 g/mol. The van der Waals surface area contributed by atoms with E-state index < -0.39 is 0 Å². The Hall–Kier alpha value is -5.88. The molecule has 10 aromatic rings. The summed E-state index contributed by atoms with van der Waals surface area (Å²) in [5.41, 5.74) is 15.6. The molecule has 0 saturated heterocycles. The van der Waals surface area contributed by atoms with Gasteiger partial charge in [-0.05, 0) is 129 Å². The Morgan fingerprint density at radius 2 is 0.500 bits per heavy atom. The quantitative estimate of drug-likeness (QED) is 0.0501. The SMILES string of the molecule is CCCCCCCCCCCCc1cc(-c2ccc(-c3ccc(-c4ccccc4)cc3)cc2)sc1-c1ccc(-c2ccc(-c3sc(-c4ccc(-c5ccc(-c6ccccc6)cc5)cc4)cc3CCCCCC)s2)s1. The van der Waals surface area contributed by atoms with Crippen molar-refractivity contribution in [1.82, 2.24) is 0 Å². The summed E-state index contributed by atoms with van der Waals surface area (Å²) in [5.74, 6) is 0. The smallest absolute Gasteiger partial charge is 0.0481 e. The van der Waals surface area contributed by atoms with Crippen LogP contribution in [0, 0.1) is 0 Å². The maximum atomic E-state index is 2.52. The van der Waals surface area contributed by atoms with Crippen molar-refractivity contribution in [3.63, 3.8) is 0 Å². The number of benzene rings is 6. The average molecular weight is 1040 g/mol. The lowest BCUT2D eigenvalue weighted by Crippen LogP contribution is -1.86. The molecule has 4 heteroatoms. The molecule has 0 aliphatic heterocycles. The molecule has 4 aromatic heterocycles. The molecule has 10 rings (SSSR count). The number of hydrogen-bond donors (Lipinski definition) is 0. The fourth-order valence-electron chi connectivity index (χ4n) is 10.3. The molecular formula is C70H70S4. The van der Waals surface area contributed by atoms with Crippen LogP contribution in [-0.2, 0) is 12.8 Å².